The summed E-state index contributed by atoms with van der Waals surface area (Å²) >= 11 is 0. The summed E-state index contributed by atoms with van der Waals surface area (Å²) in [4.78, 5) is 0. The molecule has 13 heavy (non-hydrogen) atoms. The van der Waals surface area contributed by atoms with Gasteiger partial charge >= 0.3 is 0 Å². The van der Waals surface area contributed by atoms with E-state index in [-0.39, 0.29) is 0 Å². The van der Waals surface area contributed by atoms with E-state index in [1.807, 2.05) is 24.3 Å². The maximum Gasteiger partial charge on any atom is 0.169 e. The van der Waals surface area contributed by atoms with Gasteiger partial charge in [0.15, 0.2) is 11.5 Å². The molecule has 0 radical (unpaired) electrons. The molecule has 0 aromatic heterocycles. The molecule has 1 aliphatic carbocycles. The highest BCUT2D eigenvalue weighted by molar-refractivity contribution is 5.43. The highest BCUT2D eigenvalue weighted by Crippen LogP contribution is 2.41. The summed E-state index contributed by atoms with van der Waals surface area (Å²) in [5, 5.41) is 0. The van der Waals surface area contributed by atoms with E-state index in [1.165, 1.54) is 12.8 Å². The van der Waals surface area contributed by atoms with Gasteiger partial charge in [-0.1, -0.05) is 12.1 Å². The van der Waals surface area contributed by atoms with Crippen LogP contribution in [0.2, 0.25) is 0 Å². The first kappa shape index (κ1) is 7.01. The molecule has 1 aliphatic heterocycles. The second-order valence-electron chi connectivity index (χ2n) is 3.46. The van der Waals surface area contributed by atoms with Gasteiger partial charge in [0.25, 0.3) is 0 Å². The van der Waals surface area contributed by atoms with Gasteiger partial charge in [0, 0.05) is 5.92 Å². The van der Waals surface area contributed by atoms with Crippen LogP contribution in [-0.2, 0) is 0 Å². The third-order valence-electron chi connectivity index (χ3n) is 2.36. The molecule has 2 heteroatoms. The minimum Gasteiger partial charge on any atom is -0.458 e. The predicted octanol–water partition coefficient (Wildman–Crippen LogP) is 2.71. The smallest absolute Gasteiger partial charge is 0.169 e. The van der Waals surface area contributed by atoms with E-state index in [2.05, 4.69) is 0 Å². The van der Waals surface area contributed by atoms with Gasteiger partial charge in [0.2, 0.25) is 0 Å². The van der Waals surface area contributed by atoms with Crippen molar-refractivity contribution in [2.75, 3.05) is 0 Å². The number of hydrogen-bond donors (Lipinski definition) is 0. The zero-order valence-electron chi connectivity index (χ0n) is 7.19. The summed E-state index contributed by atoms with van der Waals surface area (Å²) in [7, 11) is 0. The molecule has 0 spiro atoms. The lowest BCUT2D eigenvalue weighted by atomic mass is 10.3. The Balaban J connectivity index is 1.92. The third-order valence-corrected chi connectivity index (χ3v) is 2.36. The Hall–Kier alpha value is -1.44. The number of para-hydroxylation sites is 2. The molecule has 1 fully saturated rings. The number of fused-ring (bicyclic) bond motifs is 1. The van der Waals surface area contributed by atoms with Crippen LogP contribution in [0.3, 0.4) is 0 Å². The number of hydrogen-bond acceptors (Lipinski definition) is 2. The Morgan fingerprint density at radius 2 is 1.85 bits per heavy atom. The Bertz CT molecular complexity index is 364. The molecule has 0 unspecified atom stereocenters. The fraction of sp³-hybridized carbons (Fsp3) is 0.273. The van der Waals surface area contributed by atoms with Crippen LogP contribution in [0, 0.1) is 5.92 Å². The zero-order valence-corrected chi connectivity index (χ0v) is 7.19. The monoisotopic (exact) mass is 174 g/mol. The number of ether oxygens (including phenoxy) is 2. The highest BCUT2D eigenvalue weighted by atomic mass is 16.6. The lowest BCUT2D eigenvalue weighted by Gasteiger charge is -2.17. The molecule has 1 heterocycles. The second-order valence-corrected chi connectivity index (χ2v) is 3.46. The molecule has 3 rings (SSSR count). The van der Waals surface area contributed by atoms with Crippen LogP contribution in [-0.4, -0.2) is 0 Å². The lowest BCUT2D eigenvalue weighted by Crippen LogP contribution is -2.05. The summed E-state index contributed by atoms with van der Waals surface area (Å²) in [6.45, 7) is 0. The van der Waals surface area contributed by atoms with Crippen LogP contribution < -0.4 is 9.47 Å². The molecule has 0 amide bonds. The average molecular weight is 174 g/mol. The number of benzene rings is 1. The van der Waals surface area contributed by atoms with Gasteiger partial charge in [0.05, 0.1) is 0 Å². The maximum absolute atomic E-state index is 5.69. The molecule has 0 N–H and O–H groups in total. The van der Waals surface area contributed by atoms with E-state index in [0.717, 1.165) is 17.3 Å². The second kappa shape index (κ2) is 2.52. The molecular weight excluding hydrogens is 164 g/mol. The number of allylic oxidation sites excluding steroid dienone is 1. The van der Waals surface area contributed by atoms with Crippen molar-refractivity contribution in [1.82, 2.24) is 0 Å². The Morgan fingerprint density at radius 3 is 2.62 bits per heavy atom. The van der Waals surface area contributed by atoms with Crippen LogP contribution in [0.1, 0.15) is 12.8 Å². The predicted molar refractivity (Wildman–Crippen MR) is 48.5 cm³/mol. The minimum atomic E-state index is 0.605. The average Bonchev–Trinajstić information content (AvgIpc) is 3.00. The summed E-state index contributed by atoms with van der Waals surface area (Å²) in [6.07, 6.45) is 4.20. The fourth-order valence-electron chi connectivity index (χ4n) is 1.45. The zero-order chi connectivity index (χ0) is 8.67. The van der Waals surface area contributed by atoms with Crippen molar-refractivity contribution in [2.45, 2.75) is 12.8 Å². The van der Waals surface area contributed by atoms with Gasteiger partial charge in [0.1, 0.15) is 12.0 Å². The Labute approximate surface area is 76.8 Å². The number of rotatable bonds is 1. The van der Waals surface area contributed by atoms with Crippen molar-refractivity contribution in [1.29, 1.82) is 0 Å². The van der Waals surface area contributed by atoms with Gasteiger partial charge in [-0.3, -0.25) is 0 Å². The van der Waals surface area contributed by atoms with E-state index in [0.29, 0.717) is 5.92 Å². The van der Waals surface area contributed by atoms with Gasteiger partial charge < -0.3 is 9.47 Å². The van der Waals surface area contributed by atoms with Crippen LogP contribution in [0.5, 0.6) is 11.5 Å². The normalized spacial score (nSPS) is 19.5. The van der Waals surface area contributed by atoms with E-state index in [1.54, 1.807) is 6.26 Å². The van der Waals surface area contributed by atoms with Crippen LogP contribution in [0.15, 0.2) is 36.3 Å². The van der Waals surface area contributed by atoms with Gasteiger partial charge in [-0.15, -0.1) is 0 Å². The SMILES string of the molecule is C1=C(C2CC2)Oc2ccccc2O1. The first-order chi connectivity index (χ1) is 6.43. The summed E-state index contributed by atoms with van der Waals surface area (Å²) in [5.74, 6) is 3.24. The molecule has 1 aromatic rings. The minimum absolute atomic E-state index is 0.605. The molecule has 0 saturated heterocycles. The highest BCUT2D eigenvalue weighted by Gasteiger charge is 2.30. The van der Waals surface area contributed by atoms with Crippen molar-refractivity contribution >= 4 is 0 Å². The van der Waals surface area contributed by atoms with Crippen molar-refractivity contribution < 1.29 is 9.47 Å². The quantitative estimate of drug-likeness (QED) is 0.651. The Morgan fingerprint density at radius 1 is 1.08 bits per heavy atom. The van der Waals surface area contributed by atoms with Gasteiger partial charge in [-0.2, -0.15) is 0 Å². The van der Waals surface area contributed by atoms with Crippen LogP contribution in [0.4, 0.5) is 0 Å². The molecule has 1 aromatic carbocycles. The summed E-state index contributed by atoms with van der Waals surface area (Å²) in [5.41, 5.74) is 0. The molecular formula is C11H10O2. The Kier molecular flexibility index (Phi) is 1.36. The van der Waals surface area contributed by atoms with E-state index in [9.17, 15) is 0 Å². The van der Waals surface area contributed by atoms with Gasteiger partial charge in [-0.05, 0) is 25.0 Å². The first-order valence-electron chi connectivity index (χ1n) is 4.57. The molecule has 2 aliphatic rings. The van der Waals surface area contributed by atoms with Crippen molar-refractivity contribution in [2.24, 2.45) is 5.92 Å². The third kappa shape index (κ3) is 1.18. The van der Waals surface area contributed by atoms with Gasteiger partial charge in [-0.25, -0.2) is 0 Å². The van der Waals surface area contributed by atoms with E-state index >= 15 is 0 Å². The first-order valence-corrected chi connectivity index (χ1v) is 4.57. The molecule has 0 bridgehead atoms. The van der Waals surface area contributed by atoms with Crippen LogP contribution in [0.25, 0.3) is 0 Å². The molecule has 2 nitrogen and oxygen atoms in total. The standard InChI is InChI=1S/C11H10O2/c1-2-4-10-9(3-1)12-7-11(13-10)8-5-6-8/h1-4,7-8H,5-6H2. The molecule has 66 valence electrons. The molecule has 0 atom stereocenters. The van der Waals surface area contributed by atoms with E-state index in [4.69, 9.17) is 9.47 Å². The summed E-state index contributed by atoms with van der Waals surface area (Å²) < 4.78 is 11.1. The maximum atomic E-state index is 5.69. The van der Waals surface area contributed by atoms with Crippen molar-refractivity contribution in [3.8, 4) is 11.5 Å². The van der Waals surface area contributed by atoms with E-state index < -0.39 is 0 Å². The van der Waals surface area contributed by atoms with Crippen LogP contribution >= 0.6 is 0 Å². The topological polar surface area (TPSA) is 18.5 Å². The lowest BCUT2D eigenvalue weighted by molar-refractivity contribution is 0.307. The van der Waals surface area contributed by atoms with Crippen molar-refractivity contribution in [3.05, 3.63) is 36.3 Å². The largest absolute Gasteiger partial charge is 0.458 e. The fourth-order valence-corrected chi connectivity index (χ4v) is 1.45. The summed E-state index contributed by atoms with van der Waals surface area (Å²) in [6, 6.07) is 7.75. The molecule has 1 saturated carbocycles. The van der Waals surface area contributed by atoms with Crippen molar-refractivity contribution in [3.63, 3.8) is 0 Å².